The second-order valence-electron chi connectivity index (χ2n) is 6.69. The molecule has 0 aromatic heterocycles. The van der Waals surface area contributed by atoms with E-state index in [1.165, 1.54) is 30.4 Å². The first kappa shape index (κ1) is 19.2. The van der Waals surface area contributed by atoms with Gasteiger partial charge in [0, 0.05) is 24.8 Å². The lowest BCUT2D eigenvalue weighted by Crippen LogP contribution is -2.26. The third kappa shape index (κ3) is 4.51. The van der Waals surface area contributed by atoms with Gasteiger partial charge in [-0.1, -0.05) is 24.3 Å². The van der Waals surface area contributed by atoms with Crippen molar-refractivity contribution in [3.8, 4) is 0 Å². The van der Waals surface area contributed by atoms with Crippen LogP contribution in [0.25, 0.3) is 0 Å². The van der Waals surface area contributed by atoms with Gasteiger partial charge in [-0.3, -0.25) is 4.99 Å². The van der Waals surface area contributed by atoms with Gasteiger partial charge >= 0.3 is 0 Å². The maximum absolute atomic E-state index is 6.11. The van der Waals surface area contributed by atoms with Crippen molar-refractivity contribution in [2.45, 2.75) is 45.1 Å². The molecule has 4 nitrogen and oxygen atoms in total. The average molecular weight is 441 g/mol. The summed E-state index contributed by atoms with van der Waals surface area (Å²) in [6, 6.07) is 6.42. The lowest BCUT2D eigenvalue weighted by atomic mass is 9.90. The fourth-order valence-corrected chi connectivity index (χ4v) is 3.66. The Kier molecular flexibility index (Phi) is 7.10. The second kappa shape index (κ2) is 8.85. The summed E-state index contributed by atoms with van der Waals surface area (Å²) in [6.45, 7) is 7.50. The molecule has 3 rings (SSSR count). The van der Waals surface area contributed by atoms with Gasteiger partial charge in [0.05, 0.1) is 6.10 Å². The summed E-state index contributed by atoms with van der Waals surface area (Å²) in [5, 5.41) is 3.30. The molecule has 0 spiro atoms. The maximum atomic E-state index is 6.11. The van der Waals surface area contributed by atoms with Crippen LogP contribution in [-0.2, 0) is 17.6 Å². The zero-order chi connectivity index (χ0) is 16.2. The Hall–Kier alpha value is -1.08. The van der Waals surface area contributed by atoms with Crippen molar-refractivity contribution in [1.29, 1.82) is 0 Å². The van der Waals surface area contributed by atoms with E-state index in [4.69, 9.17) is 10.5 Å². The van der Waals surface area contributed by atoms with Crippen LogP contribution in [0.15, 0.2) is 35.3 Å². The first-order valence-corrected chi connectivity index (χ1v) is 8.60. The molecule has 5 heteroatoms. The van der Waals surface area contributed by atoms with Crippen LogP contribution < -0.4 is 11.1 Å². The number of anilines is 1. The Balaban J connectivity index is 0.00000208. The third-order valence-electron chi connectivity index (χ3n) is 4.85. The number of rotatable bonds is 4. The quantitative estimate of drug-likeness (QED) is 0.323. The average Bonchev–Trinajstić information content (AvgIpc) is 3.02. The van der Waals surface area contributed by atoms with Crippen LogP contribution in [0.3, 0.4) is 0 Å². The number of guanidine groups is 1. The van der Waals surface area contributed by atoms with E-state index in [1.54, 1.807) is 0 Å². The first-order chi connectivity index (χ1) is 11.1. The Labute approximate surface area is 162 Å². The molecule has 3 N–H and O–H groups in total. The van der Waals surface area contributed by atoms with Crippen molar-refractivity contribution in [1.82, 2.24) is 0 Å². The van der Waals surface area contributed by atoms with Crippen molar-refractivity contribution < 1.29 is 4.74 Å². The van der Waals surface area contributed by atoms with Gasteiger partial charge < -0.3 is 15.8 Å². The Morgan fingerprint density at radius 1 is 1.38 bits per heavy atom. The summed E-state index contributed by atoms with van der Waals surface area (Å²) in [5.74, 6) is 0.883. The number of ether oxygens (including phenoxy) is 1. The molecule has 0 bridgehead atoms. The van der Waals surface area contributed by atoms with E-state index in [1.807, 2.05) is 6.92 Å². The van der Waals surface area contributed by atoms with Crippen molar-refractivity contribution in [3.05, 3.63) is 41.5 Å². The normalized spacial score (nSPS) is 23.3. The number of nitrogens with zero attached hydrogens (tertiary/aromatic N) is 1. The monoisotopic (exact) mass is 441 g/mol. The predicted molar refractivity (Wildman–Crippen MR) is 111 cm³/mol. The largest absolute Gasteiger partial charge is 0.374 e. The molecule has 1 aliphatic carbocycles. The SMILES string of the molecule is C=C(C)C1OCCC1CN=C(N)Nc1cccc2c1CCCC2.I. The molecule has 132 valence electrons. The number of aryl methyl sites for hydroxylation is 1. The molecule has 1 saturated heterocycles. The summed E-state index contributed by atoms with van der Waals surface area (Å²) >= 11 is 0. The van der Waals surface area contributed by atoms with Crippen LogP contribution in [0.4, 0.5) is 5.69 Å². The number of fused-ring (bicyclic) bond motifs is 1. The van der Waals surface area contributed by atoms with Gasteiger partial charge in [-0.15, -0.1) is 24.0 Å². The summed E-state index contributed by atoms with van der Waals surface area (Å²) in [6.07, 6.45) is 5.97. The zero-order valence-corrected chi connectivity index (χ0v) is 16.7. The zero-order valence-electron chi connectivity index (χ0n) is 14.4. The van der Waals surface area contributed by atoms with E-state index in [9.17, 15) is 0 Å². The fourth-order valence-electron chi connectivity index (χ4n) is 3.66. The third-order valence-corrected chi connectivity index (χ3v) is 4.85. The van der Waals surface area contributed by atoms with E-state index in [0.717, 1.165) is 30.7 Å². The molecule has 1 heterocycles. The van der Waals surface area contributed by atoms with Gasteiger partial charge in [0.25, 0.3) is 0 Å². The molecule has 1 aromatic carbocycles. The minimum atomic E-state index is 0. The second-order valence-corrected chi connectivity index (χ2v) is 6.69. The summed E-state index contributed by atoms with van der Waals surface area (Å²) in [4.78, 5) is 4.55. The molecule has 24 heavy (non-hydrogen) atoms. The fraction of sp³-hybridized carbons (Fsp3) is 0.526. The van der Waals surface area contributed by atoms with Crippen LogP contribution in [0.2, 0.25) is 0 Å². The van der Waals surface area contributed by atoms with Crippen molar-refractivity contribution >= 4 is 35.6 Å². The van der Waals surface area contributed by atoms with Crippen molar-refractivity contribution in [3.63, 3.8) is 0 Å². The highest BCUT2D eigenvalue weighted by Gasteiger charge is 2.28. The first-order valence-electron chi connectivity index (χ1n) is 8.60. The Morgan fingerprint density at radius 2 is 2.17 bits per heavy atom. The molecule has 2 aliphatic rings. The number of hydrogen-bond acceptors (Lipinski definition) is 2. The molecule has 2 unspecified atom stereocenters. The number of aliphatic imine (C=N–C) groups is 1. The van der Waals surface area contributed by atoms with E-state index < -0.39 is 0 Å². The highest BCUT2D eigenvalue weighted by Crippen LogP contribution is 2.28. The minimum absolute atomic E-state index is 0. The summed E-state index contributed by atoms with van der Waals surface area (Å²) in [7, 11) is 0. The molecule has 1 fully saturated rings. The van der Waals surface area contributed by atoms with E-state index in [-0.39, 0.29) is 30.1 Å². The maximum Gasteiger partial charge on any atom is 0.193 e. The number of halogens is 1. The lowest BCUT2D eigenvalue weighted by molar-refractivity contribution is 0.120. The lowest BCUT2D eigenvalue weighted by Gasteiger charge is -2.20. The number of hydrogen-bond donors (Lipinski definition) is 2. The smallest absolute Gasteiger partial charge is 0.193 e. The molecule has 0 radical (unpaired) electrons. The van der Waals surface area contributed by atoms with Gasteiger partial charge in [-0.05, 0) is 56.2 Å². The van der Waals surface area contributed by atoms with E-state index in [2.05, 4.69) is 35.1 Å². The highest BCUT2D eigenvalue weighted by molar-refractivity contribution is 14.0. The van der Waals surface area contributed by atoms with Crippen LogP contribution in [-0.4, -0.2) is 25.2 Å². The van der Waals surface area contributed by atoms with Crippen LogP contribution in [0, 0.1) is 5.92 Å². The predicted octanol–water partition coefficient (Wildman–Crippen LogP) is 3.89. The summed E-state index contributed by atoms with van der Waals surface area (Å²) < 4.78 is 5.72. The molecule has 0 amide bonds. The van der Waals surface area contributed by atoms with Gasteiger partial charge in [0.15, 0.2) is 5.96 Å². The Bertz CT molecular complexity index is 615. The molecule has 1 aliphatic heterocycles. The van der Waals surface area contributed by atoms with Gasteiger partial charge in [0.2, 0.25) is 0 Å². The molecule has 0 saturated carbocycles. The van der Waals surface area contributed by atoms with Gasteiger partial charge in [0.1, 0.15) is 0 Å². The van der Waals surface area contributed by atoms with Crippen LogP contribution >= 0.6 is 24.0 Å². The molecule has 1 aromatic rings. The van der Waals surface area contributed by atoms with Gasteiger partial charge in [-0.25, -0.2) is 0 Å². The molecular weight excluding hydrogens is 413 g/mol. The van der Waals surface area contributed by atoms with Gasteiger partial charge in [-0.2, -0.15) is 0 Å². The van der Waals surface area contributed by atoms with Crippen LogP contribution in [0.1, 0.15) is 37.3 Å². The highest BCUT2D eigenvalue weighted by atomic mass is 127. The number of nitrogens with one attached hydrogen (secondary N) is 1. The molecular formula is C19H28IN3O. The Morgan fingerprint density at radius 3 is 2.96 bits per heavy atom. The standard InChI is InChI=1S/C19H27N3O.HI/c1-13(2)18-15(10-11-23-18)12-21-19(20)22-17-9-5-7-14-6-3-4-8-16(14)17;/h5,7,9,15,18H,1,3-4,6,8,10-12H2,2H3,(H3,20,21,22);1H. The van der Waals surface area contributed by atoms with Crippen molar-refractivity contribution in [2.24, 2.45) is 16.6 Å². The van der Waals surface area contributed by atoms with Crippen LogP contribution in [0.5, 0.6) is 0 Å². The minimum Gasteiger partial charge on any atom is -0.374 e. The van der Waals surface area contributed by atoms with E-state index in [0.29, 0.717) is 18.4 Å². The van der Waals surface area contributed by atoms with Crippen molar-refractivity contribution in [2.75, 3.05) is 18.5 Å². The number of benzene rings is 1. The number of nitrogens with two attached hydrogens (primary N) is 1. The topological polar surface area (TPSA) is 59.6 Å². The van der Waals surface area contributed by atoms with E-state index >= 15 is 0 Å². The molecule has 2 atom stereocenters. The summed E-state index contributed by atoms with van der Waals surface area (Å²) in [5.41, 5.74) is 11.2.